The molecule has 0 aliphatic heterocycles. The summed E-state index contributed by atoms with van der Waals surface area (Å²) < 4.78 is 4.52. The van der Waals surface area contributed by atoms with Crippen LogP contribution in [0.1, 0.15) is 6.92 Å². The lowest BCUT2D eigenvalue weighted by Gasteiger charge is -1.91. The van der Waals surface area contributed by atoms with Crippen molar-refractivity contribution in [2.45, 2.75) is 6.92 Å². The molecule has 0 saturated heterocycles. The van der Waals surface area contributed by atoms with Gasteiger partial charge in [0.05, 0.1) is 13.0 Å². The maximum Gasteiger partial charge on any atom is 0.313 e. The summed E-state index contributed by atoms with van der Waals surface area (Å²) in [6.45, 7) is 5.67. The average molecular weight is 126 g/mol. The number of hydrogen-bond donors (Lipinski definition) is 0. The molecule has 9 heavy (non-hydrogen) atoms. The summed E-state index contributed by atoms with van der Waals surface area (Å²) in [7, 11) is 1.40. The Morgan fingerprint density at radius 1 is 1.78 bits per heavy atom. The Kier molecular flexibility index (Phi) is 1.31. The molecule has 0 aromatic rings. The zero-order valence-electron chi connectivity index (χ0n) is 5.68. The molecule has 1 rings (SSSR count). The van der Waals surface area contributed by atoms with Gasteiger partial charge in [-0.15, -0.1) is 0 Å². The Bertz CT molecular complexity index is 160. The quantitative estimate of drug-likeness (QED) is 0.386. The fourth-order valence-corrected chi connectivity index (χ4v) is 0.946. The van der Waals surface area contributed by atoms with Crippen molar-refractivity contribution in [3.63, 3.8) is 0 Å². The molecule has 1 saturated carbocycles. The van der Waals surface area contributed by atoms with Gasteiger partial charge in [0.1, 0.15) is 0 Å². The molecule has 0 radical (unpaired) electrons. The predicted octanol–water partition coefficient (Wildman–Crippen LogP) is 0.981. The number of hydrogen-bond acceptors (Lipinski definition) is 2. The van der Waals surface area contributed by atoms with Crippen LogP contribution in [0.2, 0.25) is 0 Å². The van der Waals surface area contributed by atoms with Crippen LogP contribution in [0, 0.1) is 11.8 Å². The molecule has 0 unspecified atom stereocenters. The van der Waals surface area contributed by atoms with Crippen molar-refractivity contribution in [1.29, 1.82) is 0 Å². The van der Waals surface area contributed by atoms with Crippen molar-refractivity contribution in [3.8, 4) is 0 Å². The average Bonchev–Trinajstić information content (AvgIpc) is 2.40. The Balaban J connectivity index is 2.49. The van der Waals surface area contributed by atoms with E-state index in [0.717, 1.165) is 5.57 Å². The zero-order chi connectivity index (χ0) is 7.02. The van der Waals surface area contributed by atoms with Gasteiger partial charge in [-0.3, -0.25) is 4.79 Å². The monoisotopic (exact) mass is 126 g/mol. The molecule has 50 valence electrons. The summed E-state index contributed by atoms with van der Waals surface area (Å²) in [6, 6.07) is 0. The Hall–Kier alpha value is -0.790. The topological polar surface area (TPSA) is 26.3 Å². The van der Waals surface area contributed by atoms with Crippen LogP contribution in [0.25, 0.3) is 0 Å². The van der Waals surface area contributed by atoms with Gasteiger partial charge in [-0.25, -0.2) is 0 Å². The Morgan fingerprint density at radius 3 is 2.33 bits per heavy atom. The molecule has 2 nitrogen and oxygen atoms in total. The fourth-order valence-electron chi connectivity index (χ4n) is 0.946. The highest BCUT2D eigenvalue weighted by Crippen LogP contribution is 2.44. The molecular weight excluding hydrogens is 116 g/mol. The third kappa shape index (κ3) is 0.846. The van der Waals surface area contributed by atoms with Crippen LogP contribution in [0.3, 0.4) is 0 Å². The Morgan fingerprint density at radius 2 is 2.22 bits per heavy atom. The van der Waals surface area contributed by atoms with Gasteiger partial charge < -0.3 is 4.74 Å². The summed E-state index contributed by atoms with van der Waals surface area (Å²) in [5.41, 5.74) is 1.00. The van der Waals surface area contributed by atoms with E-state index < -0.39 is 0 Å². The van der Waals surface area contributed by atoms with E-state index in [4.69, 9.17) is 0 Å². The van der Waals surface area contributed by atoms with Gasteiger partial charge >= 0.3 is 5.97 Å². The second kappa shape index (κ2) is 1.87. The second-order valence-corrected chi connectivity index (χ2v) is 2.36. The molecular formula is C7H10O2. The SMILES string of the molecule is C=C1[C@@H](C(=O)OC)[C@@H]1C. The fraction of sp³-hybridized carbons (Fsp3) is 0.571. The molecule has 1 aliphatic rings. The van der Waals surface area contributed by atoms with Crippen molar-refractivity contribution >= 4 is 5.97 Å². The maximum atomic E-state index is 10.7. The first-order chi connectivity index (χ1) is 4.18. The molecule has 0 bridgehead atoms. The number of rotatable bonds is 1. The minimum absolute atomic E-state index is 0.00463. The third-order valence-electron chi connectivity index (χ3n) is 1.83. The first-order valence-corrected chi connectivity index (χ1v) is 2.95. The van der Waals surface area contributed by atoms with Crippen LogP contribution in [0.15, 0.2) is 12.2 Å². The van der Waals surface area contributed by atoms with Gasteiger partial charge in [0.2, 0.25) is 0 Å². The van der Waals surface area contributed by atoms with E-state index in [1.165, 1.54) is 7.11 Å². The first kappa shape index (κ1) is 6.33. The molecule has 1 fully saturated rings. The highest BCUT2D eigenvalue weighted by Gasteiger charge is 2.44. The summed E-state index contributed by atoms with van der Waals surface area (Å²) in [5, 5.41) is 0. The van der Waals surface area contributed by atoms with E-state index in [-0.39, 0.29) is 11.9 Å². The molecule has 0 N–H and O–H groups in total. The van der Waals surface area contributed by atoms with E-state index in [1.807, 2.05) is 6.92 Å². The van der Waals surface area contributed by atoms with Crippen LogP contribution in [0.5, 0.6) is 0 Å². The van der Waals surface area contributed by atoms with Gasteiger partial charge in [0, 0.05) is 0 Å². The van der Waals surface area contributed by atoms with Crippen molar-refractivity contribution in [2.75, 3.05) is 7.11 Å². The van der Waals surface area contributed by atoms with Crippen LogP contribution in [-0.2, 0) is 9.53 Å². The summed E-state index contributed by atoms with van der Waals surface area (Å²) in [5.74, 6) is 0.194. The highest BCUT2D eigenvalue weighted by atomic mass is 16.5. The third-order valence-corrected chi connectivity index (χ3v) is 1.83. The number of carbonyl (C=O) groups is 1. The molecule has 0 spiro atoms. The molecule has 0 aromatic carbocycles. The standard InChI is InChI=1S/C7H10O2/c1-4-5(2)6(4)7(8)9-3/h5-6H,1H2,2-3H3/t5-,6-/m1/s1. The predicted molar refractivity (Wildman–Crippen MR) is 33.8 cm³/mol. The normalized spacial score (nSPS) is 32.0. The largest absolute Gasteiger partial charge is 0.469 e. The van der Waals surface area contributed by atoms with Crippen molar-refractivity contribution < 1.29 is 9.53 Å². The van der Waals surface area contributed by atoms with Gasteiger partial charge in [-0.1, -0.05) is 19.1 Å². The van der Waals surface area contributed by atoms with E-state index in [0.29, 0.717) is 5.92 Å². The lowest BCUT2D eigenvalue weighted by atomic mass is 10.3. The second-order valence-electron chi connectivity index (χ2n) is 2.36. The van der Waals surface area contributed by atoms with Crippen LogP contribution in [-0.4, -0.2) is 13.1 Å². The number of methoxy groups -OCH3 is 1. The van der Waals surface area contributed by atoms with Gasteiger partial charge in [0.15, 0.2) is 0 Å². The molecule has 1 aliphatic carbocycles. The minimum Gasteiger partial charge on any atom is -0.469 e. The Labute approximate surface area is 54.5 Å². The summed E-state index contributed by atoms with van der Waals surface area (Å²) >= 11 is 0. The van der Waals surface area contributed by atoms with E-state index in [2.05, 4.69) is 11.3 Å². The lowest BCUT2D eigenvalue weighted by Crippen LogP contribution is -2.03. The van der Waals surface area contributed by atoms with Crippen molar-refractivity contribution in [3.05, 3.63) is 12.2 Å². The van der Waals surface area contributed by atoms with Crippen LogP contribution >= 0.6 is 0 Å². The number of esters is 1. The van der Waals surface area contributed by atoms with Crippen molar-refractivity contribution in [2.24, 2.45) is 11.8 Å². The smallest absolute Gasteiger partial charge is 0.313 e. The van der Waals surface area contributed by atoms with E-state index >= 15 is 0 Å². The lowest BCUT2D eigenvalue weighted by molar-refractivity contribution is -0.142. The van der Waals surface area contributed by atoms with E-state index in [9.17, 15) is 4.79 Å². The molecule has 0 heterocycles. The summed E-state index contributed by atoms with van der Waals surface area (Å²) in [6.07, 6.45) is 0. The highest BCUT2D eigenvalue weighted by molar-refractivity contribution is 5.81. The number of carbonyl (C=O) groups excluding carboxylic acids is 1. The first-order valence-electron chi connectivity index (χ1n) is 2.95. The van der Waals surface area contributed by atoms with Gasteiger partial charge in [-0.05, 0) is 5.92 Å². The van der Waals surface area contributed by atoms with Crippen molar-refractivity contribution in [1.82, 2.24) is 0 Å². The maximum absolute atomic E-state index is 10.7. The zero-order valence-corrected chi connectivity index (χ0v) is 5.68. The number of ether oxygens (including phenoxy) is 1. The molecule has 2 heteroatoms. The van der Waals surface area contributed by atoms with Gasteiger partial charge in [0.25, 0.3) is 0 Å². The molecule has 2 atom stereocenters. The van der Waals surface area contributed by atoms with Crippen LogP contribution in [0.4, 0.5) is 0 Å². The molecule has 0 aromatic heterocycles. The minimum atomic E-state index is -0.146. The van der Waals surface area contributed by atoms with Gasteiger partial charge in [-0.2, -0.15) is 0 Å². The summed E-state index contributed by atoms with van der Waals surface area (Å²) in [4.78, 5) is 10.7. The van der Waals surface area contributed by atoms with Crippen LogP contribution < -0.4 is 0 Å². The molecule has 0 amide bonds. The van der Waals surface area contributed by atoms with E-state index in [1.54, 1.807) is 0 Å².